The summed E-state index contributed by atoms with van der Waals surface area (Å²) >= 11 is 0. The summed E-state index contributed by atoms with van der Waals surface area (Å²) in [4.78, 5) is 6.46. The van der Waals surface area contributed by atoms with Gasteiger partial charge >= 0.3 is 0 Å². The van der Waals surface area contributed by atoms with E-state index >= 15 is 0 Å². The lowest BCUT2D eigenvalue weighted by Crippen LogP contribution is -2.13. The molecule has 0 aliphatic carbocycles. The van der Waals surface area contributed by atoms with Crippen molar-refractivity contribution in [3.8, 4) is 0 Å². The number of aromatic nitrogens is 1. The maximum absolute atomic E-state index is 5.53. The molecule has 2 heterocycles. The van der Waals surface area contributed by atoms with Crippen LogP contribution >= 0.6 is 0 Å². The van der Waals surface area contributed by atoms with E-state index in [2.05, 4.69) is 23.0 Å². The Morgan fingerprint density at radius 1 is 1.54 bits per heavy atom. The predicted octanol–water partition coefficient (Wildman–Crippen LogP) is 1.08. The van der Waals surface area contributed by atoms with Crippen molar-refractivity contribution in [2.45, 2.75) is 12.3 Å². The summed E-state index contributed by atoms with van der Waals surface area (Å²) in [5.74, 6) is 1.26. The van der Waals surface area contributed by atoms with Crippen molar-refractivity contribution in [2.24, 2.45) is 0 Å². The van der Waals surface area contributed by atoms with Gasteiger partial charge in [0.25, 0.3) is 0 Å². The zero-order valence-corrected chi connectivity index (χ0v) is 7.90. The summed E-state index contributed by atoms with van der Waals surface area (Å²) in [6.45, 7) is 2.33. The molecule has 3 nitrogen and oxygen atoms in total. The molecule has 13 heavy (non-hydrogen) atoms. The summed E-state index contributed by atoms with van der Waals surface area (Å²) in [7, 11) is 2.16. The van der Waals surface area contributed by atoms with Gasteiger partial charge in [0.05, 0.1) is 0 Å². The van der Waals surface area contributed by atoms with Crippen LogP contribution in [0.25, 0.3) is 0 Å². The first-order valence-electron chi connectivity index (χ1n) is 4.65. The first-order chi connectivity index (χ1) is 6.25. The van der Waals surface area contributed by atoms with Crippen LogP contribution in [0, 0.1) is 0 Å². The highest BCUT2D eigenvalue weighted by atomic mass is 15.1. The van der Waals surface area contributed by atoms with Gasteiger partial charge in [-0.05, 0) is 37.6 Å². The molecule has 3 heteroatoms. The third-order valence-corrected chi connectivity index (χ3v) is 2.67. The van der Waals surface area contributed by atoms with Crippen LogP contribution in [-0.2, 0) is 0 Å². The number of hydrogen-bond acceptors (Lipinski definition) is 3. The van der Waals surface area contributed by atoms with E-state index in [-0.39, 0.29) is 0 Å². The number of nitrogen functional groups attached to an aromatic ring is 1. The maximum Gasteiger partial charge on any atom is 0.123 e. The number of nitrogens with zero attached hydrogens (tertiary/aromatic N) is 2. The highest BCUT2D eigenvalue weighted by Gasteiger charge is 2.20. The number of rotatable bonds is 1. The normalized spacial score (nSPS) is 23.6. The van der Waals surface area contributed by atoms with Crippen LogP contribution in [0.15, 0.2) is 18.3 Å². The van der Waals surface area contributed by atoms with Crippen LogP contribution in [0.4, 0.5) is 5.82 Å². The first kappa shape index (κ1) is 8.51. The molecule has 0 saturated carbocycles. The molecule has 0 spiro atoms. The van der Waals surface area contributed by atoms with Gasteiger partial charge in [0.2, 0.25) is 0 Å². The van der Waals surface area contributed by atoms with Gasteiger partial charge in [-0.1, -0.05) is 6.07 Å². The van der Waals surface area contributed by atoms with Crippen molar-refractivity contribution in [2.75, 3.05) is 25.9 Å². The highest BCUT2D eigenvalue weighted by molar-refractivity contribution is 5.31. The molecule has 2 rings (SSSR count). The topological polar surface area (TPSA) is 42.1 Å². The summed E-state index contributed by atoms with van der Waals surface area (Å²) < 4.78 is 0. The number of anilines is 1. The fourth-order valence-electron chi connectivity index (χ4n) is 1.87. The van der Waals surface area contributed by atoms with Crippen molar-refractivity contribution in [1.29, 1.82) is 0 Å². The molecule has 1 fully saturated rings. The lowest BCUT2D eigenvalue weighted by Gasteiger charge is -2.09. The van der Waals surface area contributed by atoms with E-state index in [0.717, 1.165) is 6.54 Å². The molecular weight excluding hydrogens is 162 g/mol. The molecule has 2 N–H and O–H groups in total. The minimum atomic E-state index is 0.607. The van der Waals surface area contributed by atoms with E-state index in [1.165, 1.54) is 18.5 Å². The zero-order valence-electron chi connectivity index (χ0n) is 7.90. The SMILES string of the molecule is CN1CC[C@H](c2ccc(N)nc2)C1. The fraction of sp³-hybridized carbons (Fsp3) is 0.500. The summed E-state index contributed by atoms with van der Waals surface area (Å²) in [5, 5.41) is 0. The average Bonchev–Trinajstić information content (AvgIpc) is 2.53. The van der Waals surface area contributed by atoms with Crippen molar-refractivity contribution < 1.29 is 0 Å². The number of likely N-dealkylation sites (tertiary alicyclic amines) is 1. The zero-order chi connectivity index (χ0) is 9.26. The number of hydrogen-bond donors (Lipinski definition) is 1. The molecule has 1 atom stereocenters. The van der Waals surface area contributed by atoms with Crippen LogP contribution in [0.1, 0.15) is 17.9 Å². The maximum atomic E-state index is 5.53. The molecule has 0 amide bonds. The second-order valence-corrected chi connectivity index (χ2v) is 3.76. The lowest BCUT2D eigenvalue weighted by molar-refractivity contribution is 0.411. The quantitative estimate of drug-likeness (QED) is 0.698. The lowest BCUT2D eigenvalue weighted by atomic mass is 10.0. The standard InChI is InChI=1S/C10H15N3/c1-13-5-4-9(7-13)8-2-3-10(11)12-6-8/h2-3,6,9H,4-5,7H2,1H3,(H2,11,12)/t9-/m0/s1. The Balaban J connectivity index is 2.13. The molecule has 0 aromatic carbocycles. The van der Waals surface area contributed by atoms with E-state index in [0.29, 0.717) is 11.7 Å². The minimum Gasteiger partial charge on any atom is -0.384 e. The van der Waals surface area contributed by atoms with Gasteiger partial charge in [-0.2, -0.15) is 0 Å². The Hall–Kier alpha value is -1.09. The smallest absolute Gasteiger partial charge is 0.123 e. The second kappa shape index (κ2) is 3.34. The molecule has 1 saturated heterocycles. The summed E-state index contributed by atoms with van der Waals surface area (Å²) in [5.41, 5.74) is 6.85. The van der Waals surface area contributed by atoms with E-state index in [9.17, 15) is 0 Å². The van der Waals surface area contributed by atoms with E-state index in [1.54, 1.807) is 0 Å². The first-order valence-corrected chi connectivity index (χ1v) is 4.65. The van der Waals surface area contributed by atoms with Crippen LogP contribution < -0.4 is 5.73 Å². The number of nitrogens with two attached hydrogens (primary N) is 1. The Labute approximate surface area is 78.6 Å². The third kappa shape index (κ3) is 1.80. The van der Waals surface area contributed by atoms with Crippen molar-refractivity contribution in [1.82, 2.24) is 9.88 Å². The molecular formula is C10H15N3. The molecule has 70 valence electrons. The van der Waals surface area contributed by atoms with E-state index in [1.807, 2.05) is 12.3 Å². The number of likely N-dealkylation sites (N-methyl/N-ethyl adjacent to an activating group) is 1. The molecule has 1 aliphatic heterocycles. The van der Waals surface area contributed by atoms with Crippen LogP contribution in [-0.4, -0.2) is 30.0 Å². The van der Waals surface area contributed by atoms with Crippen molar-refractivity contribution in [3.05, 3.63) is 23.9 Å². The highest BCUT2D eigenvalue weighted by Crippen LogP contribution is 2.25. The Bertz CT molecular complexity index is 281. The van der Waals surface area contributed by atoms with Crippen molar-refractivity contribution in [3.63, 3.8) is 0 Å². The third-order valence-electron chi connectivity index (χ3n) is 2.67. The minimum absolute atomic E-state index is 0.607. The van der Waals surface area contributed by atoms with Crippen LogP contribution in [0.2, 0.25) is 0 Å². The van der Waals surface area contributed by atoms with Gasteiger partial charge in [-0.15, -0.1) is 0 Å². The van der Waals surface area contributed by atoms with E-state index < -0.39 is 0 Å². The van der Waals surface area contributed by atoms with Gasteiger partial charge in [-0.3, -0.25) is 0 Å². The van der Waals surface area contributed by atoms with Gasteiger partial charge < -0.3 is 10.6 Å². The largest absolute Gasteiger partial charge is 0.384 e. The van der Waals surface area contributed by atoms with E-state index in [4.69, 9.17) is 5.73 Å². The van der Waals surface area contributed by atoms with Gasteiger partial charge in [0, 0.05) is 12.7 Å². The van der Waals surface area contributed by atoms with Crippen LogP contribution in [0.3, 0.4) is 0 Å². The molecule has 1 aromatic rings. The molecule has 1 aromatic heterocycles. The average molecular weight is 177 g/mol. The molecule has 0 unspecified atom stereocenters. The monoisotopic (exact) mass is 177 g/mol. The summed E-state index contributed by atoms with van der Waals surface area (Å²) in [6, 6.07) is 3.97. The Morgan fingerprint density at radius 3 is 2.92 bits per heavy atom. The fourth-order valence-corrected chi connectivity index (χ4v) is 1.87. The van der Waals surface area contributed by atoms with Crippen LogP contribution in [0.5, 0.6) is 0 Å². The molecule has 1 aliphatic rings. The van der Waals surface area contributed by atoms with Gasteiger partial charge in [0.1, 0.15) is 5.82 Å². The van der Waals surface area contributed by atoms with Gasteiger partial charge in [0.15, 0.2) is 0 Å². The predicted molar refractivity (Wildman–Crippen MR) is 53.5 cm³/mol. The van der Waals surface area contributed by atoms with Gasteiger partial charge in [-0.25, -0.2) is 4.98 Å². The Kier molecular flexibility index (Phi) is 2.19. The molecule has 0 bridgehead atoms. The van der Waals surface area contributed by atoms with Crippen molar-refractivity contribution >= 4 is 5.82 Å². The second-order valence-electron chi connectivity index (χ2n) is 3.76. The Morgan fingerprint density at radius 2 is 2.38 bits per heavy atom. The summed E-state index contributed by atoms with van der Waals surface area (Å²) in [6.07, 6.45) is 3.14. The number of pyridine rings is 1. The molecule has 0 radical (unpaired) electrons.